The molecule has 4 N–H and O–H groups in total. The van der Waals surface area contributed by atoms with Crippen LogP contribution in [0.1, 0.15) is 33.6 Å². The van der Waals surface area contributed by atoms with Gasteiger partial charge >= 0.3 is 23.9 Å². The van der Waals surface area contributed by atoms with E-state index in [1.54, 1.807) is 20.8 Å². The Bertz CT molecular complexity index is 606. The van der Waals surface area contributed by atoms with Gasteiger partial charge in [-0.1, -0.05) is 0 Å². The summed E-state index contributed by atoms with van der Waals surface area (Å²) < 4.78 is 15.4. The molecule has 1 atom stereocenters. The zero-order valence-electron chi connectivity index (χ0n) is 15.5. The van der Waals surface area contributed by atoms with Crippen molar-refractivity contribution in [1.82, 2.24) is 0 Å². The van der Waals surface area contributed by atoms with Gasteiger partial charge in [-0.25, -0.2) is 19.2 Å². The molecule has 0 heterocycles. The zero-order valence-corrected chi connectivity index (χ0v) is 15.5. The molecule has 0 bridgehead atoms. The van der Waals surface area contributed by atoms with Gasteiger partial charge in [0, 0.05) is 37.1 Å². The molecule has 0 aliphatic carbocycles. The molecule has 152 valence electrons. The minimum absolute atomic E-state index is 0.0752. The van der Waals surface area contributed by atoms with Crippen molar-refractivity contribution in [2.24, 2.45) is 5.73 Å². The number of esters is 2. The van der Waals surface area contributed by atoms with Gasteiger partial charge in [0.2, 0.25) is 0 Å². The number of carboxylic acid groups (broad SMARTS) is 2. The van der Waals surface area contributed by atoms with E-state index in [2.05, 4.69) is 0 Å². The first-order valence-electron chi connectivity index (χ1n) is 7.97. The predicted molar refractivity (Wildman–Crippen MR) is 92.5 cm³/mol. The van der Waals surface area contributed by atoms with Gasteiger partial charge in [-0.15, -0.1) is 0 Å². The maximum absolute atomic E-state index is 11.5. The smallest absolute Gasteiger partial charge is 0.331 e. The van der Waals surface area contributed by atoms with Crippen LogP contribution in [0.5, 0.6) is 0 Å². The Labute approximate surface area is 156 Å². The Morgan fingerprint density at radius 2 is 1.37 bits per heavy atom. The van der Waals surface area contributed by atoms with Crippen LogP contribution in [0.3, 0.4) is 0 Å². The third-order valence-corrected chi connectivity index (χ3v) is 3.08. The van der Waals surface area contributed by atoms with Crippen LogP contribution in [-0.4, -0.2) is 58.6 Å². The number of carboxylic acids is 2. The van der Waals surface area contributed by atoms with E-state index in [0.717, 1.165) is 12.2 Å². The van der Waals surface area contributed by atoms with E-state index >= 15 is 0 Å². The number of ether oxygens (including phenoxy) is 3. The van der Waals surface area contributed by atoms with Crippen molar-refractivity contribution in [2.45, 2.75) is 44.9 Å². The van der Waals surface area contributed by atoms with Gasteiger partial charge in [-0.3, -0.25) is 0 Å². The maximum atomic E-state index is 11.5. The van der Waals surface area contributed by atoms with Crippen LogP contribution in [0.4, 0.5) is 0 Å². The Morgan fingerprint density at radius 1 is 0.852 bits per heavy atom. The molecule has 0 aliphatic heterocycles. The minimum Gasteiger partial charge on any atom is -0.478 e. The van der Waals surface area contributed by atoms with Crippen LogP contribution in [0, 0.1) is 0 Å². The number of aliphatic carboxylic acids is 2. The average Bonchev–Trinajstić information content (AvgIpc) is 2.49. The SMILES string of the molecule is CC(C)(CCOC(C)(N)CCOC(=O)C=CC(=O)O)OC(=O)C=CC(=O)O. The summed E-state index contributed by atoms with van der Waals surface area (Å²) in [5.74, 6) is -4.12. The fraction of sp³-hybridized carbons (Fsp3) is 0.529. The highest BCUT2D eigenvalue weighted by molar-refractivity contribution is 5.91. The molecule has 0 aromatic rings. The Kier molecular flexibility index (Phi) is 9.97. The van der Waals surface area contributed by atoms with E-state index in [9.17, 15) is 19.2 Å². The molecule has 1 unspecified atom stereocenters. The van der Waals surface area contributed by atoms with Crippen molar-refractivity contribution in [3.05, 3.63) is 24.3 Å². The summed E-state index contributed by atoms with van der Waals surface area (Å²) >= 11 is 0. The normalized spacial score (nSPS) is 14.1. The molecule has 0 aliphatic rings. The minimum atomic E-state index is -1.26. The van der Waals surface area contributed by atoms with Crippen molar-refractivity contribution in [3.8, 4) is 0 Å². The average molecular weight is 387 g/mol. The van der Waals surface area contributed by atoms with E-state index in [0.29, 0.717) is 12.2 Å². The van der Waals surface area contributed by atoms with Gasteiger partial charge in [-0.2, -0.15) is 0 Å². The molecule has 0 rings (SSSR count). The highest BCUT2D eigenvalue weighted by Crippen LogP contribution is 2.17. The third-order valence-electron chi connectivity index (χ3n) is 3.08. The summed E-state index contributed by atoms with van der Waals surface area (Å²) in [7, 11) is 0. The molecular weight excluding hydrogens is 362 g/mol. The van der Waals surface area contributed by atoms with E-state index in [1.807, 2.05) is 0 Å². The summed E-state index contributed by atoms with van der Waals surface area (Å²) in [6, 6.07) is 0. The third kappa shape index (κ3) is 14.2. The molecule has 0 radical (unpaired) electrons. The van der Waals surface area contributed by atoms with Crippen LogP contribution in [0.25, 0.3) is 0 Å². The molecule has 27 heavy (non-hydrogen) atoms. The molecular formula is C17H25NO9. The highest BCUT2D eigenvalue weighted by Gasteiger charge is 2.25. The Hall–Kier alpha value is -2.72. The van der Waals surface area contributed by atoms with E-state index in [4.69, 9.17) is 30.2 Å². The lowest BCUT2D eigenvalue weighted by atomic mass is 10.1. The second-order valence-electron chi connectivity index (χ2n) is 6.35. The van der Waals surface area contributed by atoms with Crippen LogP contribution < -0.4 is 5.73 Å². The van der Waals surface area contributed by atoms with E-state index < -0.39 is 35.2 Å². The van der Waals surface area contributed by atoms with Crippen molar-refractivity contribution in [2.75, 3.05) is 13.2 Å². The molecule has 0 aromatic heterocycles. The number of hydrogen-bond donors (Lipinski definition) is 3. The summed E-state index contributed by atoms with van der Waals surface area (Å²) in [4.78, 5) is 43.4. The standard InChI is InChI=1S/C17H25NO9/c1-16(2,27-15(24)7-5-13(21)22)8-11-26-17(3,18)9-10-25-14(23)6-4-12(19)20/h4-7H,8-11,18H2,1-3H3,(H,19,20)(H,21,22). The van der Waals surface area contributed by atoms with Crippen LogP contribution in [0.2, 0.25) is 0 Å². The largest absolute Gasteiger partial charge is 0.478 e. The topological polar surface area (TPSA) is 162 Å². The quantitative estimate of drug-likeness (QED) is 0.245. The zero-order chi connectivity index (χ0) is 21.1. The van der Waals surface area contributed by atoms with Gasteiger partial charge in [0.25, 0.3) is 0 Å². The fourth-order valence-corrected chi connectivity index (χ4v) is 1.64. The van der Waals surface area contributed by atoms with Crippen LogP contribution in [-0.2, 0) is 33.4 Å². The number of rotatable bonds is 12. The van der Waals surface area contributed by atoms with Crippen molar-refractivity contribution in [1.29, 1.82) is 0 Å². The molecule has 0 saturated carbocycles. The molecule has 0 saturated heterocycles. The van der Waals surface area contributed by atoms with Gasteiger partial charge in [0.15, 0.2) is 0 Å². The highest BCUT2D eigenvalue weighted by atomic mass is 16.6. The molecule has 0 spiro atoms. The van der Waals surface area contributed by atoms with Crippen molar-refractivity contribution in [3.63, 3.8) is 0 Å². The lowest BCUT2D eigenvalue weighted by Gasteiger charge is -2.29. The summed E-state index contributed by atoms with van der Waals surface area (Å²) in [6.45, 7) is 4.89. The van der Waals surface area contributed by atoms with Gasteiger partial charge in [0.05, 0.1) is 13.2 Å². The molecule has 10 heteroatoms. The molecule has 10 nitrogen and oxygen atoms in total. The lowest BCUT2D eigenvalue weighted by molar-refractivity contribution is -0.153. The van der Waals surface area contributed by atoms with E-state index in [1.165, 1.54) is 0 Å². The Morgan fingerprint density at radius 3 is 1.89 bits per heavy atom. The summed E-state index contributed by atoms with van der Waals surface area (Å²) in [6.07, 6.45) is 3.38. The predicted octanol–water partition coefficient (Wildman–Crippen LogP) is 0.605. The maximum Gasteiger partial charge on any atom is 0.331 e. The monoisotopic (exact) mass is 387 g/mol. The number of hydrogen-bond acceptors (Lipinski definition) is 8. The van der Waals surface area contributed by atoms with Gasteiger partial charge < -0.3 is 30.2 Å². The van der Waals surface area contributed by atoms with E-state index in [-0.39, 0.29) is 26.1 Å². The molecule has 0 amide bonds. The van der Waals surface area contributed by atoms with Crippen molar-refractivity contribution >= 4 is 23.9 Å². The first kappa shape index (κ1) is 24.3. The Balaban J connectivity index is 4.25. The summed E-state index contributed by atoms with van der Waals surface area (Å²) in [5.41, 5.74) is 3.89. The summed E-state index contributed by atoms with van der Waals surface area (Å²) in [5, 5.41) is 16.9. The molecule has 0 aromatic carbocycles. The fourth-order valence-electron chi connectivity index (χ4n) is 1.64. The number of nitrogens with two attached hydrogens (primary N) is 1. The van der Waals surface area contributed by atoms with Crippen molar-refractivity contribution < 1.29 is 43.6 Å². The lowest BCUT2D eigenvalue weighted by Crippen LogP contribution is -2.42. The van der Waals surface area contributed by atoms with Crippen LogP contribution in [0.15, 0.2) is 24.3 Å². The van der Waals surface area contributed by atoms with Gasteiger partial charge in [0.1, 0.15) is 11.3 Å². The molecule has 0 fully saturated rings. The first-order valence-corrected chi connectivity index (χ1v) is 7.97. The number of carbonyl (C=O) groups excluding carboxylic acids is 2. The first-order chi connectivity index (χ1) is 12.3. The second kappa shape index (κ2) is 11.1. The number of carbonyl (C=O) groups is 4. The van der Waals surface area contributed by atoms with Crippen LogP contribution >= 0.6 is 0 Å². The van der Waals surface area contributed by atoms with Gasteiger partial charge in [-0.05, 0) is 20.8 Å². The second-order valence-corrected chi connectivity index (χ2v) is 6.35.